The number of carbonyl (C=O) groups excluding carboxylic acids is 2. The third-order valence-electron chi connectivity index (χ3n) is 5.56. The molecule has 7 heteroatoms. The summed E-state index contributed by atoms with van der Waals surface area (Å²) in [5.74, 6) is 0.389. The van der Waals surface area contributed by atoms with Crippen LogP contribution >= 0.6 is 0 Å². The number of nitrogens with one attached hydrogen (secondary N) is 1. The predicted octanol–water partition coefficient (Wildman–Crippen LogP) is 3.36. The van der Waals surface area contributed by atoms with Crippen LogP contribution in [0.3, 0.4) is 0 Å². The fourth-order valence-corrected chi connectivity index (χ4v) is 3.90. The third-order valence-corrected chi connectivity index (χ3v) is 5.56. The molecule has 3 aromatic rings. The second-order valence-electron chi connectivity index (χ2n) is 7.89. The summed E-state index contributed by atoms with van der Waals surface area (Å²) >= 11 is 0. The molecule has 32 heavy (non-hydrogen) atoms. The molecule has 0 saturated carbocycles. The van der Waals surface area contributed by atoms with Crippen molar-refractivity contribution in [2.75, 3.05) is 19.6 Å². The molecule has 1 unspecified atom stereocenters. The topological polar surface area (TPSA) is 88.8 Å². The molecule has 1 atom stereocenters. The molecule has 1 saturated heterocycles. The number of amides is 2. The summed E-state index contributed by atoms with van der Waals surface area (Å²) in [4.78, 5) is 37.9. The van der Waals surface area contributed by atoms with Gasteiger partial charge < -0.3 is 19.4 Å². The Labute approximate surface area is 186 Å². The largest absolute Gasteiger partial charge is 0.481 e. The number of ether oxygens (including phenoxy) is 1. The van der Waals surface area contributed by atoms with Crippen molar-refractivity contribution in [1.29, 1.82) is 0 Å². The molecule has 2 aromatic carbocycles. The van der Waals surface area contributed by atoms with Crippen LogP contribution in [0.4, 0.5) is 0 Å². The molecular formula is C25H26N2O5. The van der Waals surface area contributed by atoms with Gasteiger partial charge in [0.1, 0.15) is 11.3 Å². The Morgan fingerprint density at radius 2 is 1.97 bits per heavy atom. The van der Waals surface area contributed by atoms with Crippen molar-refractivity contribution >= 4 is 22.8 Å². The molecule has 1 aliphatic heterocycles. The first-order valence-corrected chi connectivity index (χ1v) is 10.9. The molecule has 2 heterocycles. The molecule has 1 fully saturated rings. The molecule has 0 spiro atoms. The fraction of sp³-hybridized carbons (Fsp3) is 0.320. The molecule has 0 bridgehead atoms. The zero-order valence-electron chi connectivity index (χ0n) is 18.0. The van der Waals surface area contributed by atoms with Gasteiger partial charge in [0.05, 0.1) is 0 Å². The van der Waals surface area contributed by atoms with E-state index in [1.807, 2.05) is 41.3 Å². The van der Waals surface area contributed by atoms with Gasteiger partial charge in [-0.3, -0.25) is 9.59 Å². The van der Waals surface area contributed by atoms with Crippen molar-refractivity contribution in [1.82, 2.24) is 10.2 Å². The summed E-state index contributed by atoms with van der Waals surface area (Å²) in [6, 6.07) is 16.3. The predicted molar refractivity (Wildman–Crippen MR) is 121 cm³/mol. The minimum atomic E-state index is -0.718. The number of hydrogen-bond acceptors (Lipinski definition) is 5. The van der Waals surface area contributed by atoms with Gasteiger partial charge in [0.25, 0.3) is 5.91 Å². The van der Waals surface area contributed by atoms with Crippen LogP contribution in [-0.2, 0) is 9.59 Å². The average molecular weight is 434 g/mol. The van der Waals surface area contributed by atoms with Gasteiger partial charge in [-0.05, 0) is 43.0 Å². The molecule has 1 N–H and O–H groups in total. The molecule has 2 amide bonds. The highest BCUT2D eigenvalue weighted by Crippen LogP contribution is 2.29. The number of benzene rings is 2. The number of likely N-dealkylation sites (tertiary alicyclic amines) is 1. The second kappa shape index (κ2) is 9.68. The maximum atomic E-state index is 12.4. The lowest BCUT2D eigenvalue weighted by atomic mass is 10.0. The summed E-state index contributed by atoms with van der Waals surface area (Å²) < 4.78 is 11.2. The standard InChI is InChI=1S/C25H26N2O5/c1-17(25(30)26-12-6-14-27-13-5-9-23(27)28)31-19-10-11-20-21(18-7-3-2-4-8-18)16-24(29)32-22(20)15-19/h2-4,7-8,10-11,15-17H,5-6,9,12-14H2,1H3,(H,26,30). The molecule has 0 radical (unpaired) electrons. The van der Waals surface area contributed by atoms with Gasteiger partial charge in [-0.2, -0.15) is 0 Å². The van der Waals surface area contributed by atoms with E-state index in [1.54, 1.807) is 19.1 Å². The van der Waals surface area contributed by atoms with Gasteiger partial charge in [-0.1, -0.05) is 30.3 Å². The maximum Gasteiger partial charge on any atom is 0.336 e. The quantitative estimate of drug-likeness (QED) is 0.434. The molecule has 166 valence electrons. The Hall–Kier alpha value is -3.61. The minimum Gasteiger partial charge on any atom is -0.481 e. The number of carbonyl (C=O) groups is 2. The Morgan fingerprint density at radius 1 is 1.16 bits per heavy atom. The highest BCUT2D eigenvalue weighted by Gasteiger charge is 2.20. The van der Waals surface area contributed by atoms with Crippen LogP contribution in [0.5, 0.6) is 5.75 Å². The number of rotatable bonds is 8. The van der Waals surface area contributed by atoms with Gasteiger partial charge in [-0.25, -0.2) is 4.79 Å². The molecule has 4 rings (SSSR count). The first-order chi connectivity index (χ1) is 15.5. The van der Waals surface area contributed by atoms with Gasteiger partial charge >= 0.3 is 5.63 Å². The van der Waals surface area contributed by atoms with E-state index >= 15 is 0 Å². The van der Waals surface area contributed by atoms with Crippen molar-refractivity contribution in [3.8, 4) is 16.9 Å². The van der Waals surface area contributed by atoms with Crippen LogP contribution in [0.2, 0.25) is 0 Å². The van der Waals surface area contributed by atoms with Gasteiger partial charge in [0.2, 0.25) is 5.91 Å². The normalized spacial score (nSPS) is 14.5. The van der Waals surface area contributed by atoms with Crippen molar-refractivity contribution in [2.45, 2.75) is 32.3 Å². The summed E-state index contributed by atoms with van der Waals surface area (Å²) in [6.07, 6.45) is 1.52. The van der Waals surface area contributed by atoms with E-state index in [0.29, 0.717) is 37.3 Å². The van der Waals surface area contributed by atoms with Crippen molar-refractivity contribution in [2.24, 2.45) is 0 Å². The van der Waals surface area contributed by atoms with Crippen LogP contribution in [0.25, 0.3) is 22.1 Å². The Bertz CT molecular complexity index is 1170. The highest BCUT2D eigenvalue weighted by molar-refractivity contribution is 5.93. The van der Waals surface area contributed by atoms with E-state index < -0.39 is 11.7 Å². The van der Waals surface area contributed by atoms with Gasteiger partial charge in [0.15, 0.2) is 6.10 Å². The lowest BCUT2D eigenvalue weighted by Gasteiger charge is -2.17. The molecule has 1 aromatic heterocycles. The number of fused-ring (bicyclic) bond motifs is 1. The average Bonchev–Trinajstić information content (AvgIpc) is 3.20. The summed E-state index contributed by atoms with van der Waals surface area (Å²) in [5.41, 5.74) is 1.65. The van der Waals surface area contributed by atoms with Crippen LogP contribution in [0.1, 0.15) is 26.2 Å². The first kappa shape index (κ1) is 21.6. The molecule has 0 aliphatic carbocycles. The van der Waals surface area contributed by atoms with E-state index in [1.165, 1.54) is 6.07 Å². The summed E-state index contributed by atoms with van der Waals surface area (Å²) in [5, 5.41) is 3.63. The maximum absolute atomic E-state index is 12.4. The minimum absolute atomic E-state index is 0.186. The van der Waals surface area contributed by atoms with E-state index in [9.17, 15) is 14.4 Å². The van der Waals surface area contributed by atoms with E-state index in [0.717, 1.165) is 29.5 Å². The number of nitrogens with zero attached hydrogens (tertiary/aromatic N) is 1. The van der Waals surface area contributed by atoms with E-state index in [2.05, 4.69) is 5.32 Å². The highest BCUT2D eigenvalue weighted by atomic mass is 16.5. The Kier molecular flexibility index (Phi) is 6.54. The van der Waals surface area contributed by atoms with Gasteiger partial charge in [-0.15, -0.1) is 0 Å². The summed E-state index contributed by atoms with van der Waals surface area (Å²) in [6.45, 7) is 3.60. The summed E-state index contributed by atoms with van der Waals surface area (Å²) in [7, 11) is 0. The Balaban J connectivity index is 1.38. The van der Waals surface area contributed by atoms with Crippen molar-refractivity contribution in [3.05, 3.63) is 65.0 Å². The van der Waals surface area contributed by atoms with Crippen LogP contribution in [0.15, 0.2) is 63.8 Å². The van der Waals surface area contributed by atoms with Crippen molar-refractivity contribution < 1.29 is 18.7 Å². The van der Waals surface area contributed by atoms with Gasteiger partial charge in [0, 0.05) is 43.6 Å². The monoisotopic (exact) mass is 434 g/mol. The lowest BCUT2D eigenvalue weighted by Crippen LogP contribution is -2.38. The SMILES string of the molecule is CC(Oc1ccc2c(-c3ccccc3)cc(=O)oc2c1)C(=O)NCCCN1CCCC1=O. The zero-order chi connectivity index (χ0) is 22.5. The van der Waals surface area contributed by atoms with Crippen molar-refractivity contribution in [3.63, 3.8) is 0 Å². The third kappa shape index (κ3) is 4.99. The molecule has 1 aliphatic rings. The second-order valence-corrected chi connectivity index (χ2v) is 7.89. The first-order valence-electron chi connectivity index (χ1n) is 10.9. The fourth-order valence-electron chi connectivity index (χ4n) is 3.90. The van der Waals surface area contributed by atoms with E-state index in [4.69, 9.17) is 9.15 Å². The smallest absolute Gasteiger partial charge is 0.336 e. The van der Waals surface area contributed by atoms with Crippen LogP contribution in [0, 0.1) is 0 Å². The van der Waals surface area contributed by atoms with Crippen LogP contribution in [-0.4, -0.2) is 42.5 Å². The van der Waals surface area contributed by atoms with E-state index in [-0.39, 0.29) is 11.8 Å². The molecule has 7 nitrogen and oxygen atoms in total. The Morgan fingerprint density at radius 3 is 2.72 bits per heavy atom. The number of hydrogen-bond donors (Lipinski definition) is 1. The zero-order valence-corrected chi connectivity index (χ0v) is 18.0. The van der Waals surface area contributed by atoms with Crippen LogP contribution < -0.4 is 15.7 Å². The lowest BCUT2D eigenvalue weighted by molar-refractivity contribution is -0.127. The molecular weight excluding hydrogens is 408 g/mol.